The van der Waals surface area contributed by atoms with Crippen LogP contribution in [0, 0.1) is 6.92 Å². The van der Waals surface area contributed by atoms with Crippen LogP contribution >= 0.6 is 0 Å². The summed E-state index contributed by atoms with van der Waals surface area (Å²) >= 11 is 0. The van der Waals surface area contributed by atoms with Crippen LogP contribution in [0.1, 0.15) is 47.0 Å². The lowest BCUT2D eigenvalue weighted by atomic mass is 10.0. The van der Waals surface area contributed by atoms with Crippen molar-refractivity contribution in [1.82, 2.24) is 14.9 Å². The Morgan fingerprint density at radius 1 is 1.32 bits per heavy atom. The Bertz CT molecular complexity index is 709. The van der Waals surface area contributed by atoms with Gasteiger partial charge in [-0.15, -0.1) is 0 Å². The zero-order valence-electron chi connectivity index (χ0n) is 12.9. The van der Waals surface area contributed by atoms with Crippen LogP contribution in [0.4, 0.5) is 0 Å². The first-order valence-electron chi connectivity index (χ1n) is 8.04. The number of nitrogens with zero attached hydrogens (tertiary/aromatic N) is 3. The van der Waals surface area contributed by atoms with Crippen LogP contribution in [-0.2, 0) is 19.5 Å². The smallest absolute Gasteiger partial charge is 0.131 e. The molecule has 0 atom stereocenters. The van der Waals surface area contributed by atoms with Gasteiger partial charge in [0.05, 0.1) is 0 Å². The molecule has 0 amide bonds. The van der Waals surface area contributed by atoms with E-state index in [9.17, 15) is 5.11 Å². The molecule has 1 aliphatic carbocycles. The van der Waals surface area contributed by atoms with E-state index in [0.29, 0.717) is 11.7 Å². The number of rotatable bonds is 3. The Labute approximate surface area is 130 Å². The monoisotopic (exact) mass is 295 g/mol. The fourth-order valence-electron chi connectivity index (χ4n) is 3.15. The molecule has 4 nitrogen and oxygen atoms in total. The Morgan fingerprint density at radius 2 is 2.18 bits per heavy atom. The van der Waals surface area contributed by atoms with E-state index in [0.717, 1.165) is 37.4 Å². The van der Waals surface area contributed by atoms with Crippen molar-refractivity contribution in [3.05, 3.63) is 52.6 Å². The Morgan fingerprint density at radius 3 is 3.00 bits per heavy atom. The third-order valence-corrected chi connectivity index (χ3v) is 4.60. The van der Waals surface area contributed by atoms with Gasteiger partial charge in [-0.2, -0.15) is 0 Å². The maximum Gasteiger partial charge on any atom is 0.131 e. The van der Waals surface area contributed by atoms with Gasteiger partial charge in [-0.25, -0.2) is 9.97 Å². The van der Waals surface area contributed by atoms with Crippen molar-refractivity contribution in [3.63, 3.8) is 0 Å². The fourth-order valence-corrected chi connectivity index (χ4v) is 3.15. The van der Waals surface area contributed by atoms with Crippen LogP contribution in [0.5, 0.6) is 5.75 Å². The van der Waals surface area contributed by atoms with Crippen molar-refractivity contribution < 1.29 is 5.11 Å². The predicted octanol–water partition coefficient (Wildman–Crippen LogP) is 2.93. The average molecular weight is 295 g/mol. The zero-order valence-corrected chi connectivity index (χ0v) is 12.9. The molecule has 0 radical (unpaired) electrons. The molecule has 1 aliphatic heterocycles. The van der Waals surface area contributed by atoms with Crippen LogP contribution in [0.2, 0.25) is 0 Å². The van der Waals surface area contributed by atoms with E-state index in [1.54, 1.807) is 6.07 Å². The summed E-state index contributed by atoms with van der Waals surface area (Å²) in [6.07, 6.45) is 5.48. The molecule has 22 heavy (non-hydrogen) atoms. The average Bonchev–Trinajstić information content (AvgIpc) is 3.35. The largest absolute Gasteiger partial charge is 0.508 e. The molecule has 0 unspecified atom stereocenters. The molecule has 1 fully saturated rings. The highest BCUT2D eigenvalue weighted by Gasteiger charge is 2.28. The SMILES string of the molecule is Cc1ccc(O)c(CN2CCc3nc(C4CC4)ncc3C2)c1. The Kier molecular flexibility index (Phi) is 3.34. The van der Waals surface area contributed by atoms with Crippen LogP contribution in [0.3, 0.4) is 0 Å². The number of phenolic OH excluding ortho intramolecular Hbond substituents is 1. The van der Waals surface area contributed by atoms with E-state index in [2.05, 4.69) is 22.9 Å². The van der Waals surface area contributed by atoms with Gasteiger partial charge in [0.25, 0.3) is 0 Å². The van der Waals surface area contributed by atoms with Crippen molar-refractivity contribution in [1.29, 1.82) is 0 Å². The summed E-state index contributed by atoms with van der Waals surface area (Å²) in [7, 11) is 0. The maximum atomic E-state index is 10.0. The molecular formula is C18H21N3O. The third-order valence-electron chi connectivity index (χ3n) is 4.60. The van der Waals surface area contributed by atoms with E-state index in [1.165, 1.54) is 29.7 Å². The number of aromatic nitrogens is 2. The summed E-state index contributed by atoms with van der Waals surface area (Å²) < 4.78 is 0. The topological polar surface area (TPSA) is 49.2 Å². The summed E-state index contributed by atoms with van der Waals surface area (Å²) in [5.41, 5.74) is 4.64. The fraction of sp³-hybridized carbons (Fsp3) is 0.444. The number of hydrogen-bond donors (Lipinski definition) is 1. The lowest BCUT2D eigenvalue weighted by Gasteiger charge is -2.28. The number of aryl methyl sites for hydroxylation is 1. The lowest BCUT2D eigenvalue weighted by Crippen LogP contribution is -2.31. The van der Waals surface area contributed by atoms with Gasteiger partial charge in [0, 0.05) is 55.0 Å². The van der Waals surface area contributed by atoms with Crippen LogP contribution in [0.15, 0.2) is 24.4 Å². The van der Waals surface area contributed by atoms with Crippen molar-refractivity contribution >= 4 is 0 Å². The molecule has 1 N–H and O–H groups in total. The van der Waals surface area contributed by atoms with E-state index in [-0.39, 0.29) is 0 Å². The summed E-state index contributed by atoms with van der Waals surface area (Å²) in [5, 5.41) is 10.0. The van der Waals surface area contributed by atoms with Crippen LogP contribution < -0.4 is 0 Å². The molecule has 1 aromatic carbocycles. The standard InChI is InChI=1S/C18H21N3O/c1-12-2-5-17(22)14(8-12)10-21-7-6-16-15(11-21)9-19-18(20-16)13-3-4-13/h2,5,8-9,13,22H,3-4,6-7,10-11H2,1H3. The third kappa shape index (κ3) is 2.71. The first kappa shape index (κ1) is 13.7. The normalized spacial score (nSPS) is 18.2. The minimum absolute atomic E-state index is 0.386. The highest BCUT2D eigenvalue weighted by atomic mass is 16.3. The van der Waals surface area contributed by atoms with Crippen molar-refractivity contribution in [2.75, 3.05) is 6.54 Å². The molecule has 4 heteroatoms. The van der Waals surface area contributed by atoms with Crippen molar-refractivity contribution in [3.8, 4) is 5.75 Å². The van der Waals surface area contributed by atoms with Gasteiger partial charge >= 0.3 is 0 Å². The second kappa shape index (κ2) is 5.36. The Hall–Kier alpha value is -1.94. The lowest BCUT2D eigenvalue weighted by molar-refractivity contribution is 0.239. The number of phenols is 1. The van der Waals surface area contributed by atoms with Crippen molar-refractivity contribution in [2.45, 2.75) is 45.2 Å². The summed E-state index contributed by atoms with van der Waals surface area (Å²) in [6, 6.07) is 5.79. The zero-order chi connectivity index (χ0) is 15.1. The molecule has 2 heterocycles. The summed E-state index contributed by atoms with van der Waals surface area (Å²) in [4.78, 5) is 11.7. The minimum atomic E-state index is 0.386. The highest BCUT2D eigenvalue weighted by molar-refractivity contribution is 5.36. The molecule has 1 aromatic heterocycles. The first-order valence-corrected chi connectivity index (χ1v) is 8.04. The molecule has 1 saturated carbocycles. The van der Waals surface area contributed by atoms with Gasteiger partial charge in [-0.3, -0.25) is 4.90 Å². The Balaban J connectivity index is 1.50. The molecule has 4 rings (SSSR count). The van der Waals surface area contributed by atoms with E-state index >= 15 is 0 Å². The predicted molar refractivity (Wildman–Crippen MR) is 84.7 cm³/mol. The first-order chi connectivity index (χ1) is 10.7. The number of benzene rings is 1. The van der Waals surface area contributed by atoms with Crippen molar-refractivity contribution in [2.24, 2.45) is 0 Å². The number of hydrogen-bond acceptors (Lipinski definition) is 4. The summed E-state index contributed by atoms with van der Waals surface area (Å²) in [5.74, 6) is 2.05. The van der Waals surface area contributed by atoms with E-state index < -0.39 is 0 Å². The highest BCUT2D eigenvalue weighted by Crippen LogP contribution is 2.38. The van der Waals surface area contributed by atoms with Gasteiger partial charge in [0.15, 0.2) is 0 Å². The van der Waals surface area contributed by atoms with Gasteiger partial charge in [-0.05, 0) is 25.8 Å². The molecule has 0 spiro atoms. The minimum Gasteiger partial charge on any atom is -0.508 e. The molecule has 114 valence electrons. The molecule has 0 bridgehead atoms. The van der Waals surface area contributed by atoms with Gasteiger partial charge < -0.3 is 5.11 Å². The molecule has 2 aliphatic rings. The van der Waals surface area contributed by atoms with E-state index in [1.807, 2.05) is 12.3 Å². The van der Waals surface area contributed by atoms with Gasteiger partial charge in [-0.1, -0.05) is 17.7 Å². The molecule has 2 aromatic rings. The van der Waals surface area contributed by atoms with E-state index in [4.69, 9.17) is 4.98 Å². The summed E-state index contributed by atoms with van der Waals surface area (Å²) in [6.45, 7) is 4.69. The van der Waals surface area contributed by atoms with Gasteiger partial charge in [0.1, 0.15) is 11.6 Å². The van der Waals surface area contributed by atoms with Gasteiger partial charge in [0.2, 0.25) is 0 Å². The number of aromatic hydroxyl groups is 1. The maximum absolute atomic E-state index is 10.0. The second-order valence-electron chi connectivity index (χ2n) is 6.57. The molecular weight excluding hydrogens is 274 g/mol. The van der Waals surface area contributed by atoms with Crippen LogP contribution in [-0.4, -0.2) is 26.5 Å². The number of fused-ring (bicyclic) bond motifs is 1. The van der Waals surface area contributed by atoms with Crippen LogP contribution in [0.25, 0.3) is 0 Å². The quantitative estimate of drug-likeness (QED) is 0.946. The second-order valence-corrected chi connectivity index (χ2v) is 6.57. The molecule has 0 saturated heterocycles.